The number of rotatable bonds is 7. The van der Waals surface area contributed by atoms with Crippen molar-refractivity contribution in [1.82, 2.24) is 10.6 Å². The number of amides is 3. The van der Waals surface area contributed by atoms with Crippen LogP contribution in [-0.2, 0) is 16.0 Å². The molecule has 1 atom stereocenters. The molecule has 0 saturated heterocycles. The molecular formula is C13H18N2O4S. The summed E-state index contributed by atoms with van der Waals surface area (Å²) >= 11 is 1.59. The largest absolute Gasteiger partial charge is 0.481 e. The molecule has 0 aromatic carbocycles. The molecule has 0 aliphatic carbocycles. The van der Waals surface area contributed by atoms with Gasteiger partial charge in [-0.25, -0.2) is 4.79 Å². The van der Waals surface area contributed by atoms with E-state index in [1.54, 1.807) is 11.3 Å². The topological polar surface area (TPSA) is 95.5 Å². The number of carboxylic acids is 1. The van der Waals surface area contributed by atoms with Crippen LogP contribution in [0, 0.1) is 0 Å². The molecule has 7 heteroatoms. The van der Waals surface area contributed by atoms with Gasteiger partial charge in [0, 0.05) is 18.9 Å². The lowest BCUT2D eigenvalue weighted by Gasteiger charge is -2.13. The SMILES string of the molecule is CC(Cc1ccsc1)NC(=O)NC(=O)CCCC(=O)O. The number of hydrogen-bond acceptors (Lipinski definition) is 4. The summed E-state index contributed by atoms with van der Waals surface area (Å²) < 4.78 is 0. The molecule has 0 aliphatic heterocycles. The van der Waals surface area contributed by atoms with Crippen LogP contribution in [0.1, 0.15) is 31.7 Å². The van der Waals surface area contributed by atoms with E-state index in [-0.39, 0.29) is 25.3 Å². The fourth-order valence-corrected chi connectivity index (χ4v) is 2.34. The first-order valence-electron chi connectivity index (χ1n) is 6.30. The maximum absolute atomic E-state index is 11.5. The number of hydrogen-bond donors (Lipinski definition) is 3. The summed E-state index contributed by atoms with van der Waals surface area (Å²) in [7, 11) is 0. The van der Waals surface area contributed by atoms with Crippen molar-refractivity contribution in [2.45, 2.75) is 38.6 Å². The summed E-state index contributed by atoms with van der Waals surface area (Å²) in [6.45, 7) is 1.85. The van der Waals surface area contributed by atoms with Crippen LogP contribution in [0.2, 0.25) is 0 Å². The lowest BCUT2D eigenvalue weighted by molar-refractivity contribution is -0.137. The molecule has 1 rings (SSSR count). The second-order valence-corrected chi connectivity index (χ2v) is 5.29. The molecule has 0 fully saturated rings. The van der Waals surface area contributed by atoms with Crippen LogP contribution in [0.25, 0.3) is 0 Å². The van der Waals surface area contributed by atoms with Crippen molar-refractivity contribution in [3.8, 4) is 0 Å². The molecule has 20 heavy (non-hydrogen) atoms. The Balaban J connectivity index is 2.21. The van der Waals surface area contributed by atoms with E-state index in [0.717, 1.165) is 5.56 Å². The molecule has 6 nitrogen and oxygen atoms in total. The Morgan fingerprint density at radius 2 is 2.10 bits per heavy atom. The monoisotopic (exact) mass is 298 g/mol. The minimum atomic E-state index is -0.952. The molecule has 1 aromatic heterocycles. The van der Waals surface area contributed by atoms with Gasteiger partial charge in [-0.1, -0.05) is 0 Å². The molecule has 0 saturated carbocycles. The fourth-order valence-electron chi connectivity index (χ4n) is 1.66. The molecule has 1 heterocycles. The first kappa shape index (κ1) is 16.2. The third kappa shape index (κ3) is 6.89. The molecule has 0 aliphatic rings. The maximum atomic E-state index is 11.5. The third-order valence-corrected chi connectivity index (χ3v) is 3.28. The van der Waals surface area contributed by atoms with Crippen LogP contribution in [0.15, 0.2) is 16.8 Å². The standard InChI is InChI=1S/C13H18N2O4S/c1-9(7-10-5-6-20-8-10)14-13(19)15-11(16)3-2-4-12(17)18/h5-6,8-9H,2-4,7H2,1H3,(H,17,18)(H2,14,15,16,19). The van der Waals surface area contributed by atoms with Gasteiger partial charge in [0.1, 0.15) is 0 Å². The van der Waals surface area contributed by atoms with E-state index in [1.165, 1.54) is 0 Å². The average molecular weight is 298 g/mol. The van der Waals surface area contributed by atoms with Crippen molar-refractivity contribution in [3.05, 3.63) is 22.4 Å². The van der Waals surface area contributed by atoms with Gasteiger partial charge in [-0.15, -0.1) is 0 Å². The van der Waals surface area contributed by atoms with Gasteiger partial charge in [0.05, 0.1) is 0 Å². The Labute approximate surface area is 121 Å². The number of carbonyl (C=O) groups is 3. The van der Waals surface area contributed by atoms with Crippen molar-refractivity contribution in [2.24, 2.45) is 0 Å². The highest BCUT2D eigenvalue weighted by molar-refractivity contribution is 7.07. The van der Waals surface area contributed by atoms with Gasteiger partial charge in [-0.2, -0.15) is 11.3 Å². The minimum Gasteiger partial charge on any atom is -0.481 e. The number of aliphatic carboxylic acids is 1. The van der Waals surface area contributed by atoms with Crippen LogP contribution >= 0.6 is 11.3 Å². The normalized spacial score (nSPS) is 11.7. The Hall–Kier alpha value is -1.89. The van der Waals surface area contributed by atoms with Gasteiger partial charge in [0.25, 0.3) is 0 Å². The third-order valence-electron chi connectivity index (χ3n) is 2.55. The first-order valence-corrected chi connectivity index (χ1v) is 7.25. The quantitative estimate of drug-likeness (QED) is 0.714. The molecule has 3 N–H and O–H groups in total. The van der Waals surface area contributed by atoms with Gasteiger partial charge in [-0.3, -0.25) is 14.9 Å². The molecule has 0 radical (unpaired) electrons. The zero-order chi connectivity index (χ0) is 15.0. The van der Waals surface area contributed by atoms with Gasteiger partial charge < -0.3 is 10.4 Å². The predicted octanol–water partition coefficient (Wildman–Crippen LogP) is 1.76. The number of carboxylic acid groups (broad SMARTS) is 1. The summed E-state index contributed by atoms with van der Waals surface area (Å²) in [5.74, 6) is -1.42. The Morgan fingerprint density at radius 3 is 2.70 bits per heavy atom. The van der Waals surface area contributed by atoms with Crippen LogP contribution in [0.5, 0.6) is 0 Å². The minimum absolute atomic E-state index is 0.0264. The second kappa shape index (κ2) is 8.31. The number of urea groups is 1. The number of thiophene rings is 1. The zero-order valence-corrected chi connectivity index (χ0v) is 12.0. The van der Waals surface area contributed by atoms with Gasteiger partial charge >= 0.3 is 12.0 Å². The van der Waals surface area contributed by atoms with E-state index in [9.17, 15) is 14.4 Å². The highest BCUT2D eigenvalue weighted by Gasteiger charge is 2.11. The smallest absolute Gasteiger partial charge is 0.321 e. The number of carbonyl (C=O) groups excluding carboxylic acids is 2. The Morgan fingerprint density at radius 1 is 1.35 bits per heavy atom. The first-order chi connectivity index (χ1) is 9.47. The van der Waals surface area contributed by atoms with Crippen molar-refractivity contribution in [1.29, 1.82) is 0 Å². The zero-order valence-electron chi connectivity index (χ0n) is 11.2. The van der Waals surface area contributed by atoms with Crippen LogP contribution in [0.4, 0.5) is 4.79 Å². The highest BCUT2D eigenvalue weighted by Crippen LogP contribution is 2.08. The fraction of sp³-hybridized carbons (Fsp3) is 0.462. The lowest BCUT2D eigenvalue weighted by atomic mass is 10.1. The van der Waals surface area contributed by atoms with Crippen LogP contribution in [-0.4, -0.2) is 29.1 Å². The summed E-state index contributed by atoms with van der Waals surface area (Å²) in [5.41, 5.74) is 1.13. The molecule has 3 amide bonds. The van der Waals surface area contributed by atoms with Gasteiger partial charge in [-0.05, 0) is 42.2 Å². The molecule has 110 valence electrons. The van der Waals surface area contributed by atoms with E-state index >= 15 is 0 Å². The number of imide groups is 1. The molecule has 0 bridgehead atoms. The Bertz CT molecular complexity index is 459. The van der Waals surface area contributed by atoms with Crippen molar-refractivity contribution in [3.63, 3.8) is 0 Å². The maximum Gasteiger partial charge on any atom is 0.321 e. The summed E-state index contributed by atoms with van der Waals surface area (Å²) in [5, 5.41) is 17.3. The van der Waals surface area contributed by atoms with E-state index in [4.69, 9.17) is 5.11 Å². The van der Waals surface area contributed by atoms with E-state index < -0.39 is 17.9 Å². The lowest BCUT2D eigenvalue weighted by Crippen LogP contribution is -2.44. The summed E-state index contributed by atoms with van der Waals surface area (Å²) in [6.07, 6.45) is 0.866. The molecular weight excluding hydrogens is 280 g/mol. The number of nitrogens with one attached hydrogen (secondary N) is 2. The molecule has 0 spiro atoms. The Kier molecular flexibility index (Phi) is 6.72. The van der Waals surface area contributed by atoms with Crippen molar-refractivity contribution >= 4 is 29.2 Å². The molecule has 1 aromatic rings. The summed E-state index contributed by atoms with van der Waals surface area (Å²) in [6, 6.07) is 1.35. The average Bonchev–Trinajstić information content (AvgIpc) is 2.80. The van der Waals surface area contributed by atoms with E-state index in [2.05, 4.69) is 10.6 Å². The summed E-state index contributed by atoms with van der Waals surface area (Å²) in [4.78, 5) is 33.2. The van der Waals surface area contributed by atoms with Crippen molar-refractivity contribution < 1.29 is 19.5 Å². The van der Waals surface area contributed by atoms with Crippen LogP contribution in [0.3, 0.4) is 0 Å². The van der Waals surface area contributed by atoms with Gasteiger partial charge in [0.15, 0.2) is 0 Å². The highest BCUT2D eigenvalue weighted by atomic mass is 32.1. The van der Waals surface area contributed by atoms with Crippen LogP contribution < -0.4 is 10.6 Å². The predicted molar refractivity (Wildman–Crippen MR) is 75.6 cm³/mol. The van der Waals surface area contributed by atoms with Gasteiger partial charge in [0.2, 0.25) is 5.91 Å². The second-order valence-electron chi connectivity index (χ2n) is 4.51. The molecule has 1 unspecified atom stereocenters. The van der Waals surface area contributed by atoms with E-state index in [0.29, 0.717) is 6.42 Å². The van der Waals surface area contributed by atoms with E-state index in [1.807, 2.05) is 23.8 Å². The van der Waals surface area contributed by atoms with Crippen molar-refractivity contribution in [2.75, 3.05) is 0 Å².